The zero-order chi connectivity index (χ0) is 17.1. The van der Waals surface area contributed by atoms with E-state index in [1.807, 2.05) is 25.1 Å². The molecule has 9 heteroatoms. The van der Waals surface area contributed by atoms with Crippen LogP contribution in [0.5, 0.6) is 0 Å². The van der Waals surface area contributed by atoms with Crippen molar-refractivity contribution < 1.29 is 4.79 Å². The van der Waals surface area contributed by atoms with Gasteiger partial charge in [0.05, 0.1) is 10.7 Å². The Labute approximate surface area is 143 Å². The van der Waals surface area contributed by atoms with Crippen LogP contribution in [0.1, 0.15) is 29.2 Å². The average Bonchev–Trinajstić information content (AvgIpc) is 3.26. The molecule has 24 heavy (non-hydrogen) atoms. The molecular weight excluding hydrogens is 330 g/mol. The number of likely N-dealkylation sites (N-methyl/N-ethyl adjacent to an activating group) is 1. The van der Waals surface area contributed by atoms with E-state index in [2.05, 4.69) is 30.8 Å². The van der Waals surface area contributed by atoms with Crippen molar-refractivity contribution in [2.45, 2.75) is 12.8 Å². The average molecular weight is 346 g/mol. The zero-order valence-electron chi connectivity index (χ0n) is 13.2. The van der Waals surface area contributed by atoms with Gasteiger partial charge >= 0.3 is 0 Å². The molecule has 2 heterocycles. The summed E-state index contributed by atoms with van der Waals surface area (Å²) >= 11 is 6.16. The van der Waals surface area contributed by atoms with Gasteiger partial charge in [-0.3, -0.25) is 9.89 Å². The molecule has 0 radical (unpaired) electrons. The molecule has 0 aliphatic rings. The van der Waals surface area contributed by atoms with Gasteiger partial charge in [0.1, 0.15) is 5.69 Å². The number of aromatic amines is 2. The van der Waals surface area contributed by atoms with Crippen LogP contribution in [0.15, 0.2) is 30.3 Å². The van der Waals surface area contributed by atoms with Crippen molar-refractivity contribution in [1.82, 2.24) is 35.7 Å². The molecule has 0 bridgehead atoms. The smallest absolute Gasteiger partial charge is 0.271 e. The van der Waals surface area contributed by atoms with Gasteiger partial charge in [-0.1, -0.05) is 41.9 Å². The lowest BCUT2D eigenvalue weighted by molar-refractivity contribution is 0.0781. The largest absolute Gasteiger partial charge is 0.340 e. The van der Waals surface area contributed by atoms with Crippen molar-refractivity contribution >= 4 is 17.5 Å². The van der Waals surface area contributed by atoms with Gasteiger partial charge in [0.25, 0.3) is 5.91 Å². The maximum absolute atomic E-state index is 12.5. The fourth-order valence-corrected chi connectivity index (χ4v) is 2.63. The number of rotatable bonds is 5. The maximum atomic E-state index is 12.5. The standard InChI is InChI=1S/C15H16ClN7O/c1-9(14-19-21-22-20-14)8-23(2)15(24)13-7-12(17-18-13)10-5-3-4-6-11(10)16/h3-7,9H,8H2,1-2H3,(H,17,18)(H,19,20,21,22)/t9-/m1/s1. The zero-order valence-corrected chi connectivity index (χ0v) is 13.9. The van der Waals surface area contributed by atoms with Crippen LogP contribution in [0.3, 0.4) is 0 Å². The molecular formula is C15H16ClN7O. The third kappa shape index (κ3) is 3.28. The summed E-state index contributed by atoms with van der Waals surface area (Å²) in [4.78, 5) is 14.1. The second kappa shape index (κ2) is 6.79. The summed E-state index contributed by atoms with van der Waals surface area (Å²) in [6, 6.07) is 9.05. The number of tetrazole rings is 1. The lowest BCUT2D eigenvalue weighted by Gasteiger charge is -2.18. The number of aromatic nitrogens is 6. The minimum absolute atomic E-state index is 0.0383. The van der Waals surface area contributed by atoms with E-state index in [0.29, 0.717) is 28.8 Å². The minimum Gasteiger partial charge on any atom is -0.340 e. The summed E-state index contributed by atoms with van der Waals surface area (Å²) in [5.41, 5.74) is 1.80. The number of halogens is 1. The first-order valence-electron chi connectivity index (χ1n) is 7.35. The summed E-state index contributed by atoms with van der Waals surface area (Å²) in [5, 5.41) is 21.3. The summed E-state index contributed by atoms with van der Waals surface area (Å²) in [5.74, 6) is 0.357. The molecule has 1 amide bonds. The van der Waals surface area contributed by atoms with Gasteiger partial charge in [0.2, 0.25) is 0 Å². The van der Waals surface area contributed by atoms with Crippen LogP contribution < -0.4 is 0 Å². The van der Waals surface area contributed by atoms with E-state index in [0.717, 1.165) is 5.56 Å². The van der Waals surface area contributed by atoms with Crippen molar-refractivity contribution in [3.63, 3.8) is 0 Å². The van der Waals surface area contributed by atoms with E-state index in [1.54, 1.807) is 24.1 Å². The predicted molar refractivity (Wildman–Crippen MR) is 88.6 cm³/mol. The first-order chi connectivity index (χ1) is 11.6. The monoisotopic (exact) mass is 345 g/mol. The molecule has 0 aliphatic carbocycles. The molecule has 124 valence electrons. The molecule has 1 aromatic carbocycles. The minimum atomic E-state index is -0.170. The van der Waals surface area contributed by atoms with Crippen molar-refractivity contribution in [1.29, 1.82) is 0 Å². The number of nitrogens with one attached hydrogen (secondary N) is 2. The fraction of sp³-hybridized carbons (Fsp3) is 0.267. The molecule has 0 saturated carbocycles. The second-order valence-electron chi connectivity index (χ2n) is 5.50. The Morgan fingerprint density at radius 1 is 1.33 bits per heavy atom. The number of benzene rings is 1. The van der Waals surface area contributed by atoms with Crippen molar-refractivity contribution in [2.75, 3.05) is 13.6 Å². The highest BCUT2D eigenvalue weighted by atomic mass is 35.5. The van der Waals surface area contributed by atoms with Crippen molar-refractivity contribution in [3.05, 3.63) is 46.9 Å². The van der Waals surface area contributed by atoms with Crippen molar-refractivity contribution in [3.8, 4) is 11.3 Å². The van der Waals surface area contributed by atoms with Crippen LogP contribution in [0, 0.1) is 0 Å². The molecule has 0 saturated heterocycles. The third-order valence-electron chi connectivity index (χ3n) is 3.65. The number of amides is 1. The first-order valence-corrected chi connectivity index (χ1v) is 7.73. The van der Waals surface area contributed by atoms with Crippen LogP contribution in [-0.2, 0) is 0 Å². The number of carbonyl (C=O) groups is 1. The quantitative estimate of drug-likeness (QED) is 0.737. The highest BCUT2D eigenvalue weighted by Crippen LogP contribution is 2.26. The van der Waals surface area contributed by atoms with Crippen LogP contribution in [0.25, 0.3) is 11.3 Å². The van der Waals surface area contributed by atoms with E-state index >= 15 is 0 Å². The van der Waals surface area contributed by atoms with E-state index in [1.165, 1.54) is 0 Å². The Hall–Kier alpha value is -2.74. The molecule has 3 rings (SSSR count). The molecule has 1 atom stereocenters. The third-order valence-corrected chi connectivity index (χ3v) is 3.98. The molecule has 2 N–H and O–H groups in total. The number of H-pyrrole nitrogens is 2. The highest BCUT2D eigenvalue weighted by molar-refractivity contribution is 6.33. The fourth-order valence-electron chi connectivity index (χ4n) is 2.40. The molecule has 3 aromatic rings. The van der Waals surface area contributed by atoms with E-state index in [4.69, 9.17) is 11.6 Å². The summed E-state index contributed by atoms with van der Waals surface area (Å²) in [6.45, 7) is 2.38. The molecule has 0 aliphatic heterocycles. The Kier molecular flexibility index (Phi) is 4.57. The molecule has 0 fully saturated rings. The van der Waals surface area contributed by atoms with E-state index < -0.39 is 0 Å². The van der Waals surface area contributed by atoms with Gasteiger partial charge in [-0.05, 0) is 12.1 Å². The second-order valence-corrected chi connectivity index (χ2v) is 5.91. The van der Waals surface area contributed by atoms with Crippen LogP contribution in [0.4, 0.5) is 0 Å². The highest BCUT2D eigenvalue weighted by Gasteiger charge is 2.20. The molecule has 0 unspecified atom stereocenters. The topological polar surface area (TPSA) is 103 Å². The molecule has 0 spiro atoms. The predicted octanol–water partition coefficient (Wildman–Crippen LogP) is 2.12. The molecule has 8 nitrogen and oxygen atoms in total. The Morgan fingerprint density at radius 3 is 2.83 bits per heavy atom. The lowest BCUT2D eigenvalue weighted by atomic mass is 10.1. The molecule has 2 aromatic heterocycles. The van der Waals surface area contributed by atoms with Gasteiger partial charge in [0, 0.05) is 25.1 Å². The van der Waals surface area contributed by atoms with Crippen LogP contribution >= 0.6 is 11.6 Å². The van der Waals surface area contributed by atoms with E-state index in [-0.39, 0.29) is 11.8 Å². The number of carbonyl (C=O) groups excluding carboxylic acids is 1. The SMILES string of the molecule is C[C@H](CN(C)C(=O)c1cc(-c2ccccc2Cl)n[nH]1)c1nn[nH]n1. The number of nitrogens with zero attached hydrogens (tertiary/aromatic N) is 5. The summed E-state index contributed by atoms with van der Waals surface area (Å²) in [7, 11) is 1.72. The van der Waals surface area contributed by atoms with Gasteiger partial charge in [-0.25, -0.2) is 0 Å². The van der Waals surface area contributed by atoms with Gasteiger partial charge in [-0.2, -0.15) is 10.3 Å². The van der Waals surface area contributed by atoms with Gasteiger partial charge in [0.15, 0.2) is 5.82 Å². The van der Waals surface area contributed by atoms with Crippen molar-refractivity contribution in [2.24, 2.45) is 0 Å². The van der Waals surface area contributed by atoms with Crippen LogP contribution in [-0.4, -0.2) is 55.2 Å². The summed E-state index contributed by atoms with van der Waals surface area (Å²) in [6.07, 6.45) is 0. The van der Waals surface area contributed by atoms with E-state index in [9.17, 15) is 4.79 Å². The number of hydrogen-bond donors (Lipinski definition) is 2. The normalized spacial score (nSPS) is 12.1. The van der Waals surface area contributed by atoms with Gasteiger partial charge in [-0.15, -0.1) is 10.2 Å². The maximum Gasteiger partial charge on any atom is 0.271 e. The summed E-state index contributed by atoms with van der Waals surface area (Å²) < 4.78 is 0. The first kappa shape index (κ1) is 16.1. The van der Waals surface area contributed by atoms with Gasteiger partial charge < -0.3 is 4.90 Å². The Morgan fingerprint density at radius 2 is 2.12 bits per heavy atom. The van der Waals surface area contributed by atoms with Crippen LogP contribution in [0.2, 0.25) is 5.02 Å². The lowest BCUT2D eigenvalue weighted by Crippen LogP contribution is -2.31. The Bertz CT molecular complexity index is 830. The Balaban J connectivity index is 1.72. The number of hydrogen-bond acceptors (Lipinski definition) is 5.